The van der Waals surface area contributed by atoms with E-state index in [1.165, 1.54) is 32.6 Å². The van der Waals surface area contributed by atoms with Crippen molar-refractivity contribution in [2.75, 3.05) is 7.11 Å². The fraction of sp³-hybridized carbons (Fsp3) is 0.593. The van der Waals surface area contributed by atoms with Crippen LogP contribution in [0.25, 0.3) is 0 Å². The van der Waals surface area contributed by atoms with Gasteiger partial charge in [0.25, 0.3) is 0 Å². The van der Waals surface area contributed by atoms with Crippen molar-refractivity contribution < 1.29 is 28.6 Å². The van der Waals surface area contributed by atoms with E-state index in [9.17, 15) is 14.4 Å². The van der Waals surface area contributed by atoms with E-state index in [0.717, 1.165) is 25.7 Å². The summed E-state index contributed by atoms with van der Waals surface area (Å²) in [5, 5.41) is 0. The van der Waals surface area contributed by atoms with E-state index in [0.29, 0.717) is 23.8 Å². The van der Waals surface area contributed by atoms with Crippen LogP contribution in [0.5, 0.6) is 11.5 Å². The molecular weight excluding hydrogens is 420 g/mol. The van der Waals surface area contributed by atoms with E-state index in [4.69, 9.17) is 14.2 Å². The number of carbonyl (C=O) groups is 3. The molecule has 0 spiro atoms. The van der Waals surface area contributed by atoms with Gasteiger partial charge in [0, 0.05) is 19.4 Å². The summed E-state index contributed by atoms with van der Waals surface area (Å²) >= 11 is 0. The molecule has 1 fully saturated rings. The Morgan fingerprint density at radius 3 is 2.33 bits per heavy atom. The second-order valence-corrected chi connectivity index (χ2v) is 10.2. The van der Waals surface area contributed by atoms with Crippen LogP contribution in [-0.2, 0) is 20.7 Å². The highest BCUT2D eigenvalue weighted by atomic mass is 16.6. The second-order valence-electron chi connectivity index (χ2n) is 10.2. The molecule has 0 radical (unpaired) electrons. The van der Waals surface area contributed by atoms with Crippen molar-refractivity contribution in [3.05, 3.63) is 34.9 Å². The molecule has 1 aromatic carbocycles. The molecule has 6 nitrogen and oxygen atoms in total. The maximum absolute atomic E-state index is 12.4. The van der Waals surface area contributed by atoms with Gasteiger partial charge in [0.15, 0.2) is 11.5 Å². The molecule has 4 atom stereocenters. The normalized spacial score (nSPS) is 28.9. The number of esters is 3. The van der Waals surface area contributed by atoms with Crippen molar-refractivity contribution in [2.24, 2.45) is 22.7 Å². The monoisotopic (exact) mass is 456 g/mol. The molecule has 3 rings (SSSR count). The molecule has 33 heavy (non-hydrogen) atoms. The summed E-state index contributed by atoms with van der Waals surface area (Å²) in [6, 6.07) is 3.12. The molecule has 1 saturated carbocycles. The lowest BCUT2D eigenvalue weighted by Crippen LogP contribution is -2.50. The molecule has 2 aliphatic carbocycles. The third kappa shape index (κ3) is 4.71. The first-order valence-electron chi connectivity index (χ1n) is 11.7. The molecule has 0 amide bonds. The Morgan fingerprint density at radius 1 is 1.06 bits per heavy atom. The molecule has 0 bridgehead atoms. The van der Waals surface area contributed by atoms with Crippen molar-refractivity contribution in [1.82, 2.24) is 0 Å². The van der Waals surface area contributed by atoms with Gasteiger partial charge in [0.1, 0.15) is 0 Å². The van der Waals surface area contributed by atoms with Gasteiger partial charge in [-0.2, -0.15) is 0 Å². The highest BCUT2D eigenvalue weighted by molar-refractivity contribution is 5.91. The summed E-state index contributed by atoms with van der Waals surface area (Å²) in [4.78, 5) is 36.2. The maximum Gasteiger partial charge on any atom is 0.337 e. The Morgan fingerprint density at radius 2 is 1.73 bits per heavy atom. The molecule has 0 heterocycles. The molecular formula is C27H36O6. The molecule has 180 valence electrons. The third-order valence-electron chi connectivity index (χ3n) is 8.22. The molecule has 0 unspecified atom stereocenters. The Labute approximate surface area is 196 Å². The van der Waals surface area contributed by atoms with E-state index in [1.807, 2.05) is 0 Å². The van der Waals surface area contributed by atoms with E-state index in [-0.39, 0.29) is 27.9 Å². The summed E-state index contributed by atoms with van der Waals surface area (Å²) < 4.78 is 15.9. The first-order valence-corrected chi connectivity index (χ1v) is 11.7. The predicted molar refractivity (Wildman–Crippen MR) is 125 cm³/mol. The van der Waals surface area contributed by atoms with Crippen LogP contribution in [0.3, 0.4) is 0 Å². The average molecular weight is 457 g/mol. The Hall–Kier alpha value is -2.63. The fourth-order valence-electron chi connectivity index (χ4n) is 6.14. The number of fused-ring (bicyclic) bond motifs is 1. The minimum atomic E-state index is -0.561. The maximum atomic E-state index is 12.4. The summed E-state index contributed by atoms with van der Waals surface area (Å²) in [5.74, 6) is -0.497. The van der Waals surface area contributed by atoms with E-state index < -0.39 is 17.9 Å². The molecule has 6 heteroatoms. The number of allylic oxidation sites excluding steroid dienone is 2. The van der Waals surface area contributed by atoms with Crippen molar-refractivity contribution in [3.8, 4) is 11.5 Å². The van der Waals surface area contributed by atoms with Crippen molar-refractivity contribution >= 4 is 17.9 Å². The zero-order valence-electron chi connectivity index (χ0n) is 20.9. The van der Waals surface area contributed by atoms with Gasteiger partial charge >= 0.3 is 17.9 Å². The lowest BCUT2D eigenvalue weighted by molar-refractivity contribution is -0.134. The standard InChI is InChI=1S/C27H36O6/c1-16-9-8-10-23-26(16,5)12-11-17(2)27(23,6)15-21-13-20(25(30)31-7)14-22(32-18(3)28)24(21)33-19(4)29/h9,13-14,17,23H,8,10-12,15H2,1-7H3/t17-,23+,26-,27+/m0/s1. The van der Waals surface area contributed by atoms with E-state index >= 15 is 0 Å². The summed E-state index contributed by atoms with van der Waals surface area (Å²) in [6.45, 7) is 11.8. The van der Waals surface area contributed by atoms with Crippen LogP contribution < -0.4 is 9.47 Å². The van der Waals surface area contributed by atoms with Crippen LogP contribution in [0, 0.1) is 22.7 Å². The third-order valence-corrected chi connectivity index (χ3v) is 8.22. The highest BCUT2D eigenvalue weighted by Crippen LogP contribution is 2.61. The average Bonchev–Trinajstić information content (AvgIpc) is 2.73. The molecule has 1 aromatic rings. The molecule has 0 N–H and O–H groups in total. The summed E-state index contributed by atoms with van der Waals surface area (Å²) in [7, 11) is 1.31. The highest BCUT2D eigenvalue weighted by Gasteiger charge is 2.53. The van der Waals surface area contributed by atoms with Gasteiger partial charge in [0.2, 0.25) is 0 Å². The molecule has 2 aliphatic rings. The number of methoxy groups -OCH3 is 1. The lowest BCUT2D eigenvalue weighted by atomic mass is 9.47. The quantitative estimate of drug-likeness (QED) is 0.323. The number of benzene rings is 1. The summed E-state index contributed by atoms with van der Waals surface area (Å²) in [5.41, 5.74) is 2.38. The lowest BCUT2D eigenvalue weighted by Gasteiger charge is -2.58. The van der Waals surface area contributed by atoms with Crippen molar-refractivity contribution in [1.29, 1.82) is 0 Å². The van der Waals surface area contributed by atoms with Gasteiger partial charge < -0.3 is 14.2 Å². The van der Waals surface area contributed by atoms with Crippen LogP contribution in [-0.4, -0.2) is 25.0 Å². The van der Waals surface area contributed by atoms with E-state index in [1.54, 1.807) is 6.07 Å². The molecule has 0 saturated heterocycles. The van der Waals surface area contributed by atoms with Crippen molar-refractivity contribution in [2.45, 2.75) is 73.6 Å². The predicted octanol–water partition coefficient (Wildman–Crippen LogP) is 5.67. The number of ether oxygens (including phenoxy) is 3. The van der Waals surface area contributed by atoms with Gasteiger partial charge in [-0.3, -0.25) is 9.59 Å². The Balaban J connectivity index is 2.17. The van der Waals surface area contributed by atoms with E-state index in [2.05, 4.69) is 33.8 Å². The van der Waals surface area contributed by atoms with Gasteiger partial charge in [-0.25, -0.2) is 4.79 Å². The fourth-order valence-corrected chi connectivity index (χ4v) is 6.14. The topological polar surface area (TPSA) is 78.9 Å². The SMILES string of the molecule is COC(=O)c1cc(C[C@]2(C)[C@@H](C)CC[C@@]3(C)C(C)=CCC[C@@H]23)c(OC(C)=O)c(OC(C)=O)c1. The zero-order valence-corrected chi connectivity index (χ0v) is 20.9. The van der Waals surface area contributed by atoms with Crippen LogP contribution >= 0.6 is 0 Å². The zero-order chi connectivity index (χ0) is 24.6. The number of hydrogen-bond donors (Lipinski definition) is 0. The van der Waals surface area contributed by atoms with Crippen molar-refractivity contribution in [3.63, 3.8) is 0 Å². The largest absolute Gasteiger partial charge is 0.465 e. The molecule has 0 aromatic heterocycles. The van der Waals surface area contributed by atoms with Gasteiger partial charge in [-0.15, -0.1) is 0 Å². The van der Waals surface area contributed by atoms with Gasteiger partial charge in [0.05, 0.1) is 12.7 Å². The number of carbonyl (C=O) groups excluding carboxylic acids is 3. The second kappa shape index (κ2) is 9.32. The minimum absolute atomic E-state index is 0.0603. The number of rotatable bonds is 5. The minimum Gasteiger partial charge on any atom is -0.465 e. The first-order chi connectivity index (χ1) is 15.4. The van der Waals surface area contributed by atoms with Gasteiger partial charge in [-0.05, 0) is 73.8 Å². The number of hydrogen-bond acceptors (Lipinski definition) is 6. The van der Waals surface area contributed by atoms with Crippen LogP contribution in [0.2, 0.25) is 0 Å². The summed E-state index contributed by atoms with van der Waals surface area (Å²) in [6.07, 6.45) is 7.33. The van der Waals surface area contributed by atoms with Crippen LogP contribution in [0.15, 0.2) is 23.8 Å². The van der Waals surface area contributed by atoms with Crippen LogP contribution in [0.4, 0.5) is 0 Å². The molecule has 0 aliphatic heterocycles. The Kier molecular flexibility index (Phi) is 7.06. The van der Waals surface area contributed by atoms with Crippen LogP contribution in [0.1, 0.15) is 83.1 Å². The van der Waals surface area contributed by atoms with Gasteiger partial charge in [-0.1, -0.05) is 32.4 Å². The first kappa shape index (κ1) is 25.0. The smallest absolute Gasteiger partial charge is 0.337 e. The Bertz CT molecular complexity index is 993.